The van der Waals surface area contributed by atoms with Gasteiger partial charge in [0.15, 0.2) is 5.78 Å². The summed E-state index contributed by atoms with van der Waals surface area (Å²) in [4.78, 5) is 10.8. The van der Waals surface area contributed by atoms with Gasteiger partial charge in [-0.05, 0) is 26.2 Å². The van der Waals surface area contributed by atoms with Gasteiger partial charge in [-0.15, -0.1) is 0 Å². The molecule has 13 heavy (non-hydrogen) atoms. The molecule has 0 bridgehead atoms. The van der Waals surface area contributed by atoms with Crippen molar-refractivity contribution in [3.63, 3.8) is 0 Å². The smallest absolute Gasteiger partial charge is 0.155 e. The van der Waals surface area contributed by atoms with Crippen molar-refractivity contribution >= 4 is 5.78 Å². The highest BCUT2D eigenvalue weighted by atomic mass is 16.3. The monoisotopic (exact) mass is 184 g/mol. The largest absolute Gasteiger partial charge is 0.512 e. The van der Waals surface area contributed by atoms with Crippen LogP contribution in [-0.4, -0.2) is 10.9 Å². The van der Waals surface area contributed by atoms with Gasteiger partial charge in [0.2, 0.25) is 0 Å². The molecule has 0 saturated heterocycles. The number of carbonyl (C=O) groups excluding carboxylic acids is 1. The Morgan fingerprint density at radius 2 is 1.62 bits per heavy atom. The van der Waals surface area contributed by atoms with Crippen molar-refractivity contribution in [3.8, 4) is 0 Å². The molecule has 0 amide bonds. The van der Waals surface area contributed by atoms with Gasteiger partial charge in [0, 0.05) is 11.5 Å². The second-order valence-electron chi connectivity index (χ2n) is 3.48. The van der Waals surface area contributed by atoms with E-state index in [0.717, 1.165) is 19.3 Å². The van der Waals surface area contributed by atoms with Crippen LogP contribution in [0.4, 0.5) is 0 Å². The maximum absolute atomic E-state index is 10.8. The van der Waals surface area contributed by atoms with Crippen molar-refractivity contribution in [1.82, 2.24) is 0 Å². The third-order valence-electron chi connectivity index (χ3n) is 2.91. The van der Waals surface area contributed by atoms with Crippen molar-refractivity contribution in [2.24, 2.45) is 5.41 Å². The molecule has 0 heterocycles. The number of allylic oxidation sites excluding steroid dienone is 2. The van der Waals surface area contributed by atoms with E-state index >= 15 is 0 Å². The molecule has 0 saturated carbocycles. The predicted molar refractivity (Wildman–Crippen MR) is 54.7 cm³/mol. The Bertz CT molecular complexity index is 192. The zero-order valence-electron chi connectivity index (χ0n) is 9.05. The molecule has 2 heteroatoms. The molecular formula is C11H20O2. The van der Waals surface area contributed by atoms with Crippen LogP contribution in [0.25, 0.3) is 0 Å². The summed E-state index contributed by atoms with van der Waals surface area (Å²) >= 11 is 0. The first-order valence-corrected chi connectivity index (χ1v) is 4.94. The second kappa shape index (κ2) is 5.05. The molecule has 0 aromatic carbocycles. The number of aliphatic hydroxyl groups is 1. The van der Waals surface area contributed by atoms with Crippen LogP contribution in [0.5, 0.6) is 0 Å². The number of rotatable bonds is 5. The first-order chi connectivity index (χ1) is 6.02. The van der Waals surface area contributed by atoms with E-state index in [1.54, 1.807) is 0 Å². The van der Waals surface area contributed by atoms with Crippen molar-refractivity contribution in [1.29, 1.82) is 0 Å². The highest BCUT2D eigenvalue weighted by Gasteiger charge is 2.28. The zero-order chi connectivity index (χ0) is 10.5. The Morgan fingerprint density at radius 3 is 1.85 bits per heavy atom. The lowest BCUT2D eigenvalue weighted by atomic mass is 9.77. The van der Waals surface area contributed by atoms with E-state index in [9.17, 15) is 9.90 Å². The van der Waals surface area contributed by atoms with Gasteiger partial charge in [0.25, 0.3) is 0 Å². The molecule has 0 aliphatic heterocycles. The molecule has 0 fully saturated rings. The molecule has 76 valence electrons. The minimum atomic E-state index is -0.189. The van der Waals surface area contributed by atoms with Crippen LogP contribution in [0, 0.1) is 5.41 Å². The van der Waals surface area contributed by atoms with Crippen LogP contribution in [0.1, 0.15) is 47.0 Å². The fourth-order valence-electron chi connectivity index (χ4n) is 1.64. The fraction of sp³-hybridized carbons (Fsp3) is 0.727. The van der Waals surface area contributed by atoms with E-state index < -0.39 is 0 Å². The summed E-state index contributed by atoms with van der Waals surface area (Å²) < 4.78 is 0. The first-order valence-electron chi connectivity index (χ1n) is 4.94. The van der Waals surface area contributed by atoms with Crippen LogP contribution < -0.4 is 0 Å². The molecule has 0 unspecified atom stereocenters. The SMILES string of the molecule is CCC(CC)(CC)C(O)=CC(C)=O. The number of hydrogen-bond acceptors (Lipinski definition) is 2. The lowest BCUT2D eigenvalue weighted by Gasteiger charge is -2.29. The minimum absolute atomic E-state index is 0.0859. The average molecular weight is 184 g/mol. The van der Waals surface area contributed by atoms with E-state index in [-0.39, 0.29) is 17.0 Å². The standard InChI is InChI=1S/C11H20O2/c1-5-11(6-2,7-3)10(13)8-9(4)12/h8,13H,5-7H2,1-4H3. The van der Waals surface area contributed by atoms with E-state index in [2.05, 4.69) is 0 Å². The molecule has 0 aliphatic rings. The fourth-order valence-corrected chi connectivity index (χ4v) is 1.64. The Kier molecular flexibility index (Phi) is 4.74. The number of carbonyl (C=O) groups is 1. The van der Waals surface area contributed by atoms with Crippen molar-refractivity contribution in [3.05, 3.63) is 11.8 Å². The first kappa shape index (κ1) is 12.2. The minimum Gasteiger partial charge on any atom is -0.512 e. The summed E-state index contributed by atoms with van der Waals surface area (Å²) in [6, 6.07) is 0. The van der Waals surface area contributed by atoms with Gasteiger partial charge < -0.3 is 5.11 Å². The summed E-state index contributed by atoms with van der Waals surface area (Å²) in [6.07, 6.45) is 3.96. The number of aliphatic hydroxyl groups excluding tert-OH is 1. The average Bonchev–Trinajstić information content (AvgIpc) is 2.07. The highest BCUT2D eigenvalue weighted by molar-refractivity contribution is 5.87. The van der Waals surface area contributed by atoms with Gasteiger partial charge in [-0.1, -0.05) is 20.8 Å². The van der Waals surface area contributed by atoms with Crippen molar-refractivity contribution < 1.29 is 9.90 Å². The Labute approximate surface area is 80.7 Å². The normalized spacial score (nSPS) is 13.1. The van der Waals surface area contributed by atoms with Gasteiger partial charge in [0.05, 0.1) is 0 Å². The Morgan fingerprint density at radius 1 is 1.23 bits per heavy atom. The molecule has 0 aromatic rings. The van der Waals surface area contributed by atoms with Crippen molar-refractivity contribution in [2.75, 3.05) is 0 Å². The van der Waals surface area contributed by atoms with Gasteiger partial charge >= 0.3 is 0 Å². The predicted octanol–water partition coefficient (Wildman–Crippen LogP) is 3.23. The molecule has 0 aromatic heterocycles. The second-order valence-corrected chi connectivity index (χ2v) is 3.48. The Balaban J connectivity index is 4.83. The lowest BCUT2D eigenvalue weighted by Crippen LogP contribution is -2.21. The van der Waals surface area contributed by atoms with Gasteiger partial charge in [-0.2, -0.15) is 0 Å². The van der Waals surface area contributed by atoms with Crippen LogP contribution >= 0.6 is 0 Å². The topological polar surface area (TPSA) is 37.3 Å². The van der Waals surface area contributed by atoms with E-state index in [0.29, 0.717) is 0 Å². The Hall–Kier alpha value is -0.790. The van der Waals surface area contributed by atoms with Gasteiger partial charge in [-0.3, -0.25) is 4.79 Å². The summed E-state index contributed by atoms with van der Waals surface area (Å²) in [5.74, 6) is 0.157. The van der Waals surface area contributed by atoms with Crippen LogP contribution in [0.2, 0.25) is 0 Å². The molecule has 1 N–H and O–H groups in total. The van der Waals surface area contributed by atoms with Crippen LogP contribution in [0.3, 0.4) is 0 Å². The molecule has 0 atom stereocenters. The molecule has 0 aliphatic carbocycles. The third kappa shape index (κ3) is 2.87. The maximum atomic E-state index is 10.8. The summed E-state index contributed by atoms with van der Waals surface area (Å²) in [5, 5.41) is 9.77. The molecule has 0 spiro atoms. The molecule has 0 rings (SSSR count). The quantitative estimate of drug-likeness (QED) is 0.526. The number of hydrogen-bond donors (Lipinski definition) is 1. The summed E-state index contributed by atoms with van der Waals surface area (Å²) in [6.45, 7) is 7.58. The van der Waals surface area contributed by atoms with E-state index in [4.69, 9.17) is 0 Å². The summed E-state index contributed by atoms with van der Waals surface area (Å²) in [7, 11) is 0. The van der Waals surface area contributed by atoms with E-state index in [1.165, 1.54) is 13.0 Å². The van der Waals surface area contributed by atoms with Gasteiger partial charge in [-0.25, -0.2) is 0 Å². The van der Waals surface area contributed by atoms with Crippen LogP contribution in [-0.2, 0) is 4.79 Å². The maximum Gasteiger partial charge on any atom is 0.155 e. The summed E-state index contributed by atoms with van der Waals surface area (Å²) in [5.41, 5.74) is -0.189. The molecule has 0 radical (unpaired) electrons. The van der Waals surface area contributed by atoms with Gasteiger partial charge in [0.1, 0.15) is 5.76 Å². The molecule has 2 nitrogen and oxygen atoms in total. The van der Waals surface area contributed by atoms with Crippen LogP contribution in [0.15, 0.2) is 11.8 Å². The van der Waals surface area contributed by atoms with Crippen molar-refractivity contribution in [2.45, 2.75) is 47.0 Å². The van der Waals surface area contributed by atoms with E-state index in [1.807, 2.05) is 20.8 Å². The third-order valence-corrected chi connectivity index (χ3v) is 2.91. The zero-order valence-corrected chi connectivity index (χ0v) is 9.05. The number of ketones is 1. The lowest BCUT2D eigenvalue weighted by molar-refractivity contribution is -0.112. The highest BCUT2D eigenvalue weighted by Crippen LogP contribution is 2.36. The molecular weight excluding hydrogens is 164 g/mol.